The number of hydrogen-bond acceptors (Lipinski definition) is 4. The van der Waals surface area contributed by atoms with Crippen molar-refractivity contribution in [2.24, 2.45) is 0 Å². The predicted molar refractivity (Wildman–Crippen MR) is 128 cm³/mol. The summed E-state index contributed by atoms with van der Waals surface area (Å²) in [6.45, 7) is 14.3. The number of hydrogen-bond donors (Lipinski definition) is 1. The summed E-state index contributed by atoms with van der Waals surface area (Å²) in [6.07, 6.45) is 0. The molecule has 0 aliphatic carbocycles. The quantitative estimate of drug-likeness (QED) is 0.550. The van der Waals surface area contributed by atoms with Crippen molar-refractivity contribution in [3.8, 4) is 11.3 Å². The lowest BCUT2D eigenvalue weighted by Gasteiger charge is -2.42. The van der Waals surface area contributed by atoms with Crippen molar-refractivity contribution in [1.29, 1.82) is 0 Å². The maximum absolute atomic E-state index is 13.8. The number of aryl methyl sites for hydroxylation is 1. The van der Waals surface area contributed by atoms with Crippen LogP contribution in [0.4, 0.5) is 4.39 Å². The summed E-state index contributed by atoms with van der Waals surface area (Å²) < 4.78 is 19.9. The number of pyridine rings is 1. The molecule has 0 atom stereocenters. The van der Waals surface area contributed by atoms with Crippen molar-refractivity contribution in [3.05, 3.63) is 53.0 Å². The van der Waals surface area contributed by atoms with Gasteiger partial charge in [0, 0.05) is 36.8 Å². The first-order valence-corrected chi connectivity index (χ1v) is 10.7. The van der Waals surface area contributed by atoms with E-state index in [1.807, 2.05) is 24.8 Å². The third kappa shape index (κ3) is 4.39. The highest BCUT2D eigenvalue weighted by Gasteiger charge is 2.35. The first-order chi connectivity index (χ1) is 14.5. The Kier molecular flexibility index (Phi) is 6.42. The molecule has 32 heavy (non-hydrogen) atoms. The second-order valence-electron chi connectivity index (χ2n) is 10.0. The number of nitrogens with zero attached hydrogens (tertiary/aromatic N) is 2. The van der Waals surface area contributed by atoms with E-state index in [9.17, 15) is 9.18 Å². The molecule has 1 amide bonds. The Morgan fingerprint density at radius 2 is 1.94 bits per heavy atom. The lowest BCUT2D eigenvalue weighted by Crippen LogP contribution is -2.59. The zero-order chi connectivity index (χ0) is 22.6. The van der Waals surface area contributed by atoms with E-state index < -0.39 is 0 Å². The lowest BCUT2D eigenvalue weighted by molar-refractivity contribution is 0.0448. The average Bonchev–Trinajstić information content (AvgIpc) is 3.12. The van der Waals surface area contributed by atoms with E-state index in [-0.39, 0.29) is 35.1 Å². The fraction of sp³-hybridized carbons (Fsp3) is 0.440. The number of benzene rings is 1. The Bertz CT molecular complexity index is 1160. The molecular weight excluding hydrogens is 429 g/mol. The molecule has 0 radical (unpaired) electrons. The van der Waals surface area contributed by atoms with Crippen LogP contribution in [0.5, 0.6) is 0 Å². The van der Waals surface area contributed by atoms with Gasteiger partial charge in [0.05, 0.1) is 11.2 Å². The summed E-state index contributed by atoms with van der Waals surface area (Å²) in [6, 6.07) is 8.72. The van der Waals surface area contributed by atoms with Gasteiger partial charge in [0.1, 0.15) is 11.3 Å². The van der Waals surface area contributed by atoms with Gasteiger partial charge >= 0.3 is 0 Å². The van der Waals surface area contributed by atoms with E-state index >= 15 is 0 Å². The Balaban J connectivity index is 0.00000289. The highest BCUT2D eigenvalue weighted by atomic mass is 35.5. The SMILES string of the molecule is Cc1cc(-c2cc(C(C)(C)C)c3oc(C(=O)N4CCNCC4(C)C)cc3n2)ccc1F.Cl. The van der Waals surface area contributed by atoms with Crippen molar-refractivity contribution >= 4 is 29.4 Å². The molecule has 5 nitrogen and oxygen atoms in total. The fourth-order valence-corrected chi connectivity index (χ4v) is 4.13. The summed E-state index contributed by atoms with van der Waals surface area (Å²) in [4.78, 5) is 20.0. The zero-order valence-corrected chi connectivity index (χ0v) is 20.3. The normalized spacial score (nSPS) is 16.2. The van der Waals surface area contributed by atoms with E-state index in [0.717, 1.165) is 29.9 Å². The lowest BCUT2D eigenvalue weighted by atomic mass is 9.86. The van der Waals surface area contributed by atoms with Crippen LogP contribution in [0.3, 0.4) is 0 Å². The predicted octanol–water partition coefficient (Wildman–Crippen LogP) is 5.49. The molecule has 1 aliphatic heterocycles. The maximum atomic E-state index is 13.8. The highest BCUT2D eigenvalue weighted by molar-refractivity contribution is 5.97. The van der Waals surface area contributed by atoms with Crippen molar-refractivity contribution in [1.82, 2.24) is 15.2 Å². The van der Waals surface area contributed by atoms with Crippen LogP contribution >= 0.6 is 12.4 Å². The standard InChI is InChI=1S/C25H30FN3O2.ClH/c1-15-11-16(7-8-18(15)26)19-12-17(24(2,3)4)22-20(28-19)13-21(31-22)23(30)29-10-9-27-14-25(29,5)6;/h7-8,11-13,27H,9-10,14H2,1-6H3;1H. The molecule has 3 heterocycles. The largest absolute Gasteiger partial charge is 0.449 e. The molecule has 1 aromatic carbocycles. The van der Waals surface area contributed by atoms with E-state index in [4.69, 9.17) is 9.40 Å². The van der Waals surface area contributed by atoms with Crippen molar-refractivity contribution in [2.45, 2.75) is 52.5 Å². The number of piperazine rings is 1. The monoisotopic (exact) mass is 459 g/mol. The van der Waals surface area contributed by atoms with Crippen molar-refractivity contribution in [2.75, 3.05) is 19.6 Å². The summed E-state index contributed by atoms with van der Waals surface area (Å²) in [5.74, 6) is -0.0605. The summed E-state index contributed by atoms with van der Waals surface area (Å²) in [7, 11) is 0. The third-order valence-corrected chi connectivity index (χ3v) is 6.00. The molecule has 1 N–H and O–H groups in total. The van der Waals surface area contributed by atoms with Gasteiger partial charge in [-0.25, -0.2) is 9.37 Å². The molecule has 3 aromatic rings. The van der Waals surface area contributed by atoms with Crippen molar-refractivity contribution in [3.63, 3.8) is 0 Å². The minimum Gasteiger partial charge on any atom is -0.449 e. The summed E-state index contributed by atoms with van der Waals surface area (Å²) in [5, 5.41) is 3.34. The smallest absolute Gasteiger partial charge is 0.290 e. The number of rotatable bonds is 2. The number of amides is 1. The van der Waals surface area contributed by atoms with Gasteiger partial charge in [-0.05, 0) is 56.0 Å². The fourth-order valence-electron chi connectivity index (χ4n) is 4.13. The molecule has 1 fully saturated rings. The minimum absolute atomic E-state index is 0. The number of halogens is 2. The number of nitrogens with one attached hydrogen (secondary N) is 1. The number of fused-ring (bicyclic) bond motifs is 1. The molecule has 1 aliphatic rings. The van der Waals surface area contributed by atoms with E-state index in [1.165, 1.54) is 6.07 Å². The molecule has 0 bridgehead atoms. The number of carbonyl (C=O) groups is 1. The van der Waals surface area contributed by atoms with Crippen LogP contribution in [0.2, 0.25) is 0 Å². The van der Waals surface area contributed by atoms with E-state index in [2.05, 4.69) is 26.1 Å². The van der Waals surface area contributed by atoms with Crippen LogP contribution in [0.25, 0.3) is 22.4 Å². The first-order valence-electron chi connectivity index (χ1n) is 10.7. The summed E-state index contributed by atoms with van der Waals surface area (Å²) in [5.41, 5.74) is 3.86. The average molecular weight is 460 g/mol. The molecule has 0 spiro atoms. The van der Waals surface area contributed by atoms with Crippen LogP contribution in [-0.2, 0) is 5.41 Å². The topological polar surface area (TPSA) is 58.4 Å². The molecular formula is C25H31ClFN3O2. The van der Waals surface area contributed by atoms with Crippen LogP contribution in [-0.4, -0.2) is 41.0 Å². The molecule has 2 aromatic heterocycles. The number of carbonyl (C=O) groups excluding carboxylic acids is 1. The van der Waals surface area contributed by atoms with Gasteiger partial charge in [-0.2, -0.15) is 0 Å². The highest BCUT2D eigenvalue weighted by Crippen LogP contribution is 2.35. The Morgan fingerprint density at radius 1 is 1.22 bits per heavy atom. The first kappa shape index (κ1) is 24.2. The van der Waals surface area contributed by atoms with Gasteiger partial charge in [0.2, 0.25) is 0 Å². The number of furan rings is 1. The van der Waals surface area contributed by atoms with Gasteiger partial charge in [-0.15, -0.1) is 12.4 Å². The van der Waals surface area contributed by atoms with Crippen LogP contribution in [0, 0.1) is 12.7 Å². The Hall–Kier alpha value is -2.44. The second-order valence-corrected chi connectivity index (χ2v) is 10.0. The van der Waals surface area contributed by atoms with Gasteiger partial charge in [0.15, 0.2) is 11.3 Å². The van der Waals surface area contributed by atoms with Gasteiger partial charge in [0.25, 0.3) is 5.91 Å². The molecule has 1 saturated heterocycles. The third-order valence-electron chi connectivity index (χ3n) is 6.00. The van der Waals surface area contributed by atoms with Gasteiger partial charge in [-0.3, -0.25) is 4.79 Å². The van der Waals surface area contributed by atoms with Crippen LogP contribution in [0.15, 0.2) is 34.7 Å². The van der Waals surface area contributed by atoms with Crippen LogP contribution in [0.1, 0.15) is 56.3 Å². The maximum Gasteiger partial charge on any atom is 0.290 e. The zero-order valence-electron chi connectivity index (χ0n) is 19.5. The van der Waals surface area contributed by atoms with Gasteiger partial charge < -0.3 is 14.6 Å². The summed E-state index contributed by atoms with van der Waals surface area (Å²) >= 11 is 0. The molecule has 0 unspecified atom stereocenters. The van der Waals surface area contributed by atoms with Crippen molar-refractivity contribution < 1.29 is 13.6 Å². The second kappa shape index (κ2) is 8.49. The Morgan fingerprint density at radius 3 is 2.56 bits per heavy atom. The number of aromatic nitrogens is 1. The molecule has 172 valence electrons. The van der Waals surface area contributed by atoms with Gasteiger partial charge in [-0.1, -0.05) is 20.8 Å². The Labute approximate surface area is 194 Å². The minimum atomic E-state index is -0.300. The molecule has 7 heteroatoms. The van der Waals surface area contributed by atoms with Crippen LogP contribution < -0.4 is 5.32 Å². The van der Waals surface area contributed by atoms with E-state index in [0.29, 0.717) is 29.0 Å². The molecule has 0 saturated carbocycles. The molecule has 4 rings (SSSR count). The van der Waals surface area contributed by atoms with E-state index in [1.54, 1.807) is 25.1 Å².